The maximum absolute atomic E-state index is 6.47. The summed E-state index contributed by atoms with van der Waals surface area (Å²) in [6, 6.07) is 6.38. The molecule has 0 bridgehead atoms. The molecular formula is C16H26ClN3O. The van der Waals surface area contributed by atoms with Crippen LogP contribution in [0.5, 0.6) is 0 Å². The zero-order valence-electron chi connectivity index (χ0n) is 13.1. The minimum absolute atomic E-state index is 0.730. The Hall–Kier alpha value is -0.810. The van der Waals surface area contributed by atoms with Crippen molar-refractivity contribution in [2.24, 2.45) is 0 Å². The Morgan fingerprint density at radius 2 is 2.00 bits per heavy atom. The van der Waals surface area contributed by atoms with E-state index in [1.165, 1.54) is 5.56 Å². The van der Waals surface area contributed by atoms with Gasteiger partial charge < -0.3 is 19.9 Å². The Balaban J connectivity index is 1.90. The number of hydrogen-bond donors (Lipinski definition) is 1. The molecule has 1 aromatic rings. The maximum Gasteiger partial charge on any atom is 0.0642 e. The number of hydrogen-bond acceptors (Lipinski definition) is 4. The van der Waals surface area contributed by atoms with Gasteiger partial charge in [-0.3, -0.25) is 0 Å². The van der Waals surface area contributed by atoms with E-state index in [0.717, 1.165) is 63.1 Å². The average Bonchev–Trinajstić information content (AvgIpc) is 2.52. The fraction of sp³-hybridized carbons (Fsp3) is 0.625. The van der Waals surface area contributed by atoms with Crippen molar-refractivity contribution < 1.29 is 4.74 Å². The van der Waals surface area contributed by atoms with Crippen molar-refractivity contribution in [1.82, 2.24) is 10.2 Å². The Labute approximate surface area is 133 Å². The summed E-state index contributed by atoms with van der Waals surface area (Å²) in [6.07, 6.45) is 0. The Morgan fingerprint density at radius 1 is 1.24 bits per heavy atom. The highest BCUT2D eigenvalue weighted by atomic mass is 35.5. The van der Waals surface area contributed by atoms with Crippen LogP contribution in [0.4, 0.5) is 5.69 Å². The summed E-state index contributed by atoms with van der Waals surface area (Å²) in [5.41, 5.74) is 2.38. The molecule has 0 radical (unpaired) electrons. The number of halogens is 1. The van der Waals surface area contributed by atoms with Crippen molar-refractivity contribution in [1.29, 1.82) is 0 Å². The number of benzene rings is 1. The van der Waals surface area contributed by atoms with Crippen LogP contribution in [-0.2, 0) is 11.3 Å². The van der Waals surface area contributed by atoms with Gasteiger partial charge in [0.1, 0.15) is 0 Å². The van der Waals surface area contributed by atoms with E-state index in [2.05, 4.69) is 40.2 Å². The van der Waals surface area contributed by atoms with Gasteiger partial charge in [-0.05, 0) is 24.2 Å². The van der Waals surface area contributed by atoms with Gasteiger partial charge in [0.2, 0.25) is 0 Å². The van der Waals surface area contributed by atoms with Crippen LogP contribution in [0.15, 0.2) is 18.2 Å². The quantitative estimate of drug-likeness (QED) is 0.782. The molecule has 1 saturated heterocycles. The van der Waals surface area contributed by atoms with Crippen molar-refractivity contribution >= 4 is 17.3 Å². The van der Waals surface area contributed by atoms with Gasteiger partial charge in [0.05, 0.1) is 17.3 Å². The molecule has 0 saturated carbocycles. The van der Waals surface area contributed by atoms with E-state index in [4.69, 9.17) is 16.3 Å². The van der Waals surface area contributed by atoms with Crippen LogP contribution in [0.2, 0.25) is 5.02 Å². The SMILES string of the molecule is CCN1CCN(c2ccc(CNCCOC)cc2Cl)CC1. The Bertz CT molecular complexity index is 434. The summed E-state index contributed by atoms with van der Waals surface area (Å²) in [7, 11) is 1.71. The second-order valence-corrected chi connectivity index (χ2v) is 5.78. The van der Waals surface area contributed by atoms with E-state index in [0.29, 0.717) is 0 Å². The molecule has 0 atom stereocenters. The van der Waals surface area contributed by atoms with Crippen molar-refractivity contribution in [3.8, 4) is 0 Å². The van der Waals surface area contributed by atoms with Gasteiger partial charge >= 0.3 is 0 Å². The molecule has 1 aliphatic heterocycles. The third-order valence-corrected chi connectivity index (χ3v) is 4.29. The first-order chi connectivity index (χ1) is 10.2. The lowest BCUT2D eigenvalue weighted by molar-refractivity contribution is 0.199. The maximum atomic E-state index is 6.47. The highest BCUT2D eigenvalue weighted by molar-refractivity contribution is 6.33. The largest absolute Gasteiger partial charge is 0.383 e. The number of rotatable bonds is 7. The number of anilines is 1. The van der Waals surface area contributed by atoms with Crippen molar-refractivity contribution in [2.75, 3.05) is 57.9 Å². The van der Waals surface area contributed by atoms with Crippen LogP contribution >= 0.6 is 11.6 Å². The van der Waals surface area contributed by atoms with Gasteiger partial charge in [-0.1, -0.05) is 24.6 Å². The molecule has 1 heterocycles. The van der Waals surface area contributed by atoms with Gasteiger partial charge in [0.25, 0.3) is 0 Å². The summed E-state index contributed by atoms with van der Waals surface area (Å²) in [5, 5.41) is 4.19. The lowest BCUT2D eigenvalue weighted by Gasteiger charge is -2.36. The molecule has 2 rings (SSSR count). The smallest absolute Gasteiger partial charge is 0.0642 e. The van der Waals surface area contributed by atoms with Crippen LogP contribution in [-0.4, -0.2) is 57.9 Å². The van der Waals surface area contributed by atoms with E-state index in [1.54, 1.807) is 7.11 Å². The fourth-order valence-electron chi connectivity index (χ4n) is 2.63. The number of nitrogens with one attached hydrogen (secondary N) is 1. The summed E-state index contributed by atoms with van der Waals surface area (Å²) in [6.45, 7) is 10.1. The molecule has 0 aliphatic carbocycles. The number of piperazine rings is 1. The number of methoxy groups -OCH3 is 1. The summed E-state index contributed by atoms with van der Waals surface area (Å²) in [5.74, 6) is 0. The van der Waals surface area contributed by atoms with E-state index in [9.17, 15) is 0 Å². The summed E-state index contributed by atoms with van der Waals surface area (Å²) in [4.78, 5) is 4.86. The zero-order chi connectivity index (χ0) is 15.1. The van der Waals surface area contributed by atoms with Gasteiger partial charge in [-0.15, -0.1) is 0 Å². The van der Waals surface area contributed by atoms with Gasteiger partial charge in [-0.25, -0.2) is 0 Å². The highest BCUT2D eigenvalue weighted by Crippen LogP contribution is 2.27. The monoisotopic (exact) mass is 311 g/mol. The third-order valence-electron chi connectivity index (χ3n) is 3.98. The standard InChI is InChI=1S/C16H26ClN3O/c1-3-19-7-9-20(10-8-19)16-5-4-14(12-15(16)17)13-18-6-11-21-2/h4-5,12,18H,3,6-11,13H2,1-2H3. The molecule has 1 N–H and O–H groups in total. The topological polar surface area (TPSA) is 27.7 Å². The molecule has 21 heavy (non-hydrogen) atoms. The second kappa shape index (κ2) is 8.59. The first-order valence-corrected chi connectivity index (χ1v) is 8.07. The van der Waals surface area contributed by atoms with Crippen molar-refractivity contribution in [2.45, 2.75) is 13.5 Å². The van der Waals surface area contributed by atoms with Crippen LogP contribution in [0.3, 0.4) is 0 Å². The molecule has 118 valence electrons. The van der Waals surface area contributed by atoms with Crippen LogP contribution in [0.25, 0.3) is 0 Å². The van der Waals surface area contributed by atoms with E-state index >= 15 is 0 Å². The number of nitrogens with zero attached hydrogens (tertiary/aromatic N) is 2. The molecule has 1 aliphatic rings. The number of likely N-dealkylation sites (N-methyl/N-ethyl adjacent to an activating group) is 1. The van der Waals surface area contributed by atoms with E-state index < -0.39 is 0 Å². The molecule has 0 spiro atoms. The van der Waals surface area contributed by atoms with E-state index in [1.807, 2.05) is 0 Å². The summed E-state index contributed by atoms with van der Waals surface area (Å²) < 4.78 is 5.02. The van der Waals surface area contributed by atoms with E-state index in [-0.39, 0.29) is 0 Å². The third kappa shape index (κ3) is 4.85. The van der Waals surface area contributed by atoms with Gasteiger partial charge in [0.15, 0.2) is 0 Å². The number of ether oxygens (including phenoxy) is 1. The molecular weight excluding hydrogens is 286 g/mol. The first-order valence-electron chi connectivity index (χ1n) is 7.70. The lowest BCUT2D eigenvalue weighted by Crippen LogP contribution is -2.46. The van der Waals surface area contributed by atoms with Gasteiger partial charge in [-0.2, -0.15) is 0 Å². The fourth-order valence-corrected chi connectivity index (χ4v) is 2.95. The molecule has 0 unspecified atom stereocenters. The average molecular weight is 312 g/mol. The Morgan fingerprint density at radius 3 is 2.62 bits per heavy atom. The molecule has 4 nitrogen and oxygen atoms in total. The molecule has 0 aromatic heterocycles. The zero-order valence-corrected chi connectivity index (χ0v) is 13.8. The molecule has 0 amide bonds. The minimum atomic E-state index is 0.730. The highest BCUT2D eigenvalue weighted by Gasteiger charge is 2.17. The second-order valence-electron chi connectivity index (χ2n) is 5.38. The van der Waals surface area contributed by atoms with Crippen LogP contribution in [0.1, 0.15) is 12.5 Å². The van der Waals surface area contributed by atoms with Crippen molar-refractivity contribution in [3.63, 3.8) is 0 Å². The first kappa shape index (κ1) is 16.6. The normalized spacial score (nSPS) is 16.4. The molecule has 1 aromatic carbocycles. The van der Waals surface area contributed by atoms with Crippen LogP contribution < -0.4 is 10.2 Å². The lowest BCUT2D eigenvalue weighted by atomic mass is 10.1. The Kier molecular flexibility index (Phi) is 6.77. The predicted octanol–water partition coefficient (Wildman–Crippen LogP) is 2.22. The van der Waals surface area contributed by atoms with Crippen LogP contribution in [0, 0.1) is 0 Å². The molecule has 1 fully saturated rings. The minimum Gasteiger partial charge on any atom is -0.383 e. The van der Waals surface area contributed by atoms with Gasteiger partial charge in [0, 0.05) is 46.4 Å². The predicted molar refractivity (Wildman–Crippen MR) is 89.4 cm³/mol. The molecule has 5 heteroatoms. The van der Waals surface area contributed by atoms with Crippen molar-refractivity contribution in [3.05, 3.63) is 28.8 Å². The summed E-state index contributed by atoms with van der Waals surface area (Å²) >= 11 is 6.47.